The molecule has 0 saturated heterocycles. The van der Waals surface area contributed by atoms with Gasteiger partial charge in [0.15, 0.2) is 0 Å². The Morgan fingerprint density at radius 1 is 1.38 bits per heavy atom. The van der Waals surface area contributed by atoms with Gasteiger partial charge >= 0.3 is 0 Å². The number of benzene rings is 1. The molecule has 4 heteroatoms. The lowest BCUT2D eigenvalue weighted by Crippen LogP contribution is -2.34. The summed E-state index contributed by atoms with van der Waals surface area (Å²) >= 11 is 1.60. The minimum atomic E-state index is 0.0379. The largest absolute Gasteiger partial charge is 0.308 e. The van der Waals surface area contributed by atoms with Crippen molar-refractivity contribution in [3.05, 3.63) is 51.5 Å². The van der Waals surface area contributed by atoms with Crippen molar-refractivity contribution >= 4 is 29.0 Å². The molecule has 0 fully saturated rings. The van der Waals surface area contributed by atoms with Gasteiger partial charge < -0.3 is 4.90 Å². The van der Waals surface area contributed by atoms with Crippen molar-refractivity contribution in [3.8, 4) is 0 Å². The predicted octanol–water partition coefficient (Wildman–Crippen LogP) is 3.75. The third-order valence-electron chi connectivity index (χ3n) is 3.72. The number of hydrogen-bond acceptors (Lipinski definition) is 3. The van der Waals surface area contributed by atoms with Crippen molar-refractivity contribution in [1.82, 2.24) is 4.98 Å². The van der Waals surface area contributed by atoms with Crippen LogP contribution in [0.3, 0.4) is 0 Å². The summed E-state index contributed by atoms with van der Waals surface area (Å²) in [6.45, 7) is 4.82. The number of nitrogens with zero attached hydrogens (tertiary/aromatic N) is 2. The predicted molar refractivity (Wildman–Crippen MR) is 87.7 cm³/mol. The van der Waals surface area contributed by atoms with E-state index in [1.807, 2.05) is 17.2 Å². The molecule has 0 spiro atoms. The van der Waals surface area contributed by atoms with Crippen LogP contribution in [0.1, 0.15) is 28.2 Å². The molecule has 2 heterocycles. The Labute approximate surface area is 128 Å². The zero-order valence-corrected chi connectivity index (χ0v) is 13.1. The van der Waals surface area contributed by atoms with Gasteiger partial charge in [0.1, 0.15) is 0 Å². The van der Waals surface area contributed by atoms with Crippen molar-refractivity contribution in [3.63, 3.8) is 0 Å². The Bertz CT molecular complexity index is 703. The number of thiazole rings is 1. The first kappa shape index (κ1) is 14.0. The molecule has 3 rings (SSSR count). The Morgan fingerprint density at radius 3 is 3.00 bits per heavy atom. The number of hydrogen-bond donors (Lipinski definition) is 0. The van der Waals surface area contributed by atoms with Gasteiger partial charge in [0, 0.05) is 18.0 Å². The summed E-state index contributed by atoms with van der Waals surface area (Å²) in [4.78, 5) is 18.8. The molecule has 0 atom stereocenters. The molecule has 108 valence electrons. The van der Waals surface area contributed by atoms with Crippen LogP contribution in [0.25, 0.3) is 6.08 Å². The smallest absolute Gasteiger partial charge is 0.251 e. The number of para-hydroxylation sites is 1. The molecule has 1 aliphatic rings. The second kappa shape index (κ2) is 5.82. The summed E-state index contributed by atoms with van der Waals surface area (Å²) in [7, 11) is 0. The van der Waals surface area contributed by atoms with Crippen molar-refractivity contribution in [2.75, 3.05) is 11.4 Å². The molecular formula is C17H18N2OS. The van der Waals surface area contributed by atoms with E-state index in [2.05, 4.69) is 30.1 Å². The Hall–Kier alpha value is -1.94. The van der Waals surface area contributed by atoms with Gasteiger partial charge in [-0.2, -0.15) is 0 Å². The van der Waals surface area contributed by atoms with E-state index in [4.69, 9.17) is 0 Å². The van der Waals surface area contributed by atoms with Crippen LogP contribution in [-0.4, -0.2) is 17.4 Å². The van der Waals surface area contributed by atoms with Crippen molar-refractivity contribution in [2.45, 2.75) is 26.7 Å². The van der Waals surface area contributed by atoms with Gasteiger partial charge in [-0.05, 0) is 43.9 Å². The summed E-state index contributed by atoms with van der Waals surface area (Å²) in [6.07, 6.45) is 5.51. The maximum atomic E-state index is 12.5. The summed E-state index contributed by atoms with van der Waals surface area (Å²) in [5.74, 6) is 0.0379. The van der Waals surface area contributed by atoms with E-state index in [0.717, 1.165) is 35.8 Å². The third-order valence-corrected chi connectivity index (χ3v) is 4.51. The van der Waals surface area contributed by atoms with Crippen LogP contribution in [0.5, 0.6) is 0 Å². The Morgan fingerprint density at radius 2 is 2.24 bits per heavy atom. The Balaban J connectivity index is 1.85. The first-order valence-corrected chi connectivity index (χ1v) is 8.03. The molecule has 2 aromatic rings. The molecule has 0 radical (unpaired) electrons. The van der Waals surface area contributed by atoms with Crippen LogP contribution in [0.4, 0.5) is 5.69 Å². The van der Waals surface area contributed by atoms with Gasteiger partial charge in [0.25, 0.3) is 5.91 Å². The monoisotopic (exact) mass is 298 g/mol. The molecule has 0 N–H and O–H groups in total. The van der Waals surface area contributed by atoms with E-state index in [0.29, 0.717) is 0 Å². The lowest BCUT2D eigenvalue weighted by Gasteiger charge is -2.30. The highest BCUT2D eigenvalue weighted by Crippen LogP contribution is 2.30. The fourth-order valence-electron chi connectivity index (χ4n) is 2.77. The van der Waals surface area contributed by atoms with Crippen LogP contribution < -0.4 is 4.90 Å². The second-order valence-corrected chi connectivity index (χ2v) is 6.36. The summed E-state index contributed by atoms with van der Waals surface area (Å²) < 4.78 is 0. The lowest BCUT2D eigenvalue weighted by molar-refractivity contribution is -0.114. The average molecular weight is 298 g/mol. The maximum absolute atomic E-state index is 12.5. The number of aromatic nitrogens is 1. The number of rotatable bonds is 2. The quantitative estimate of drug-likeness (QED) is 0.791. The van der Waals surface area contributed by atoms with Gasteiger partial charge in [0.2, 0.25) is 0 Å². The van der Waals surface area contributed by atoms with Crippen LogP contribution in [0, 0.1) is 13.8 Å². The summed E-state index contributed by atoms with van der Waals surface area (Å²) in [6, 6.07) is 6.25. The minimum absolute atomic E-state index is 0.0379. The van der Waals surface area contributed by atoms with Crippen LogP contribution in [-0.2, 0) is 11.2 Å². The molecule has 0 saturated carbocycles. The highest BCUT2D eigenvalue weighted by Gasteiger charge is 2.22. The van der Waals surface area contributed by atoms with E-state index >= 15 is 0 Å². The van der Waals surface area contributed by atoms with E-state index in [-0.39, 0.29) is 5.91 Å². The van der Waals surface area contributed by atoms with E-state index in [1.165, 1.54) is 11.1 Å². The topological polar surface area (TPSA) is 33.2 Å². The van der Waals surface area contributed by atoms with E-state index in [1.54, 1.807) is 23.5 Å². The van der Waals surface area contributed by atoms with Crippen LogP contribution in [0.15, 0.2) is 29.7 Å². The maximum Gasteiger partial charge on any atom is 0.251 e. The first-order chi connectivity index (χ1) is 10.1. The summed E-state index contributed by atoms with van der Waals surface area (Å²) in [5, 5.41) is 2.98. The molecule has 3 nitrogen and oxygen atoms in total. The Kier molecular flexibility index (Phi) is 3.88. The SMILES string of the molecule is Cc1nc(/C=C/C(=O)N2CCCc3cccc(C)c32)cs1. The molecule has 0 bridgehead atoms. The van der Waals surface area contributed by atoms with Crippen molar-refractivity contribution in [2.24, 2.45) is 0 Å². The fourth-order valence-corrected chi connectivity index (χ4v) is 3.35. The number of aryl methyl sites for hydroxylation is 3. The molecule has 0 unspecified atom stereocenters. The molecule has 1 aromatic carbocycles. The highest BCUT2D eigenvalue weighted by atomic mass is 32.1. The fraction of sp³-hybridized carbons (Fsp3) is 0.294. The van der Waals surface area contributed by atoms with Gasteiger partial charge in [-0.3, -0.25) is 4.79 Å². The normalized spacial score (nSPS) is 14.5. The highest BCUT2D eigenvalue weighted by molar-refractivity contribution is 7.09. The molecule has 1 amide bonds. The number of anilines is 1. The molecule has 1 aromatic heterocycles. The van der Waals surface area contributed by atoms with Crippen LogP contribution in [0.2, 0.25) is 0 Å². The van der Waals surface area contributed by atoms with Crippen LogP contribution >= 0.6 is 11.3 Å². The van der Waals surface area contributed by atoms with Crippen molar-refractivity contribution < 1.29 is 4.79 Å². The van der Waals surface area contributed by atoms with Crippen molar-refractivity contribution in [1.29, 1.82) is 0 Å². The van der Waals surface area contributed by atoms with Gasteiger partial charge in [-0.1, -0.05) is 18.2 Å². The third kappa shape index (κ3) is 2.90. The zero-order chi connectivity index (χ0) is 14.8. The standard InChI is InChI=1S/C17H18N2OS/c1-12-5-3-6-14-7-4-10-19(17(12)14)16(20)9-8-15-11-21-13(2)18-15/h3,5-6,8-9,11H,4,7,10H2,1-2H3/b9-8+. The van der Waals surface area contributed by atoms with Gasteiger partial charge in [-0.15, -0.1) is 11.3 Å². The number of amides is 1. The number of carbonyl (C=O) groups is 1. The lowest BCUT2D eigenvalue weighted by atomic mass is 9.98. The second-order valence-electron chi connectivity index (χ2n) is 5.30. The number of carbonyl (C=O) groups excluding carboxylic acids is 1. The molecule has 0 aliphatic carbocycles. The average Bonchev–Trinajstić information content (AvgIpc) is 2.90. The minimum Gasteiger partial charge on any atom is -0.308 e. The zero-order valence-electron chi connectivity index (χ0n) is 12.3. The van der Waals surface area contributed by atoms with E-state index < -0.39 is 0 Å². The summed E-state index contributed by atoms with van der Waals surface area (Å²) in [5.41, 5.74) is 4.38. The molecule has 1 aliphatic heterocycles. The van der Waals surface area contributed by atoms with Gasteiger partial charge in [0.05, 0.1) is 16.4 Å². The first-order valence-electron chi connectivity index (χ1n) is 7.15. The van der Waals surface area contributed by atoms with Gasteiger partial charge in [-0.25, -0.2) is 4.98 Å². The number of fused-ring (bicyclic) bond motifs is 1. The molecular weight excluding hydrogens is 280 g/mol. The molecule has 21 heavy (non-hydrogen) atoms. The van der Waals surface area contributed by atoms with E-state index in [9.17, 15) is 4.79 Å².